The van der Waals surface area contributed by atoms with Gasteiger partial charge in [0, 0.05) is 24.8 Å². The summed E-state index contributed by atoms with van der Waals surface area (Å²) in [6.45, 7) is 4.18. The van der Waals surface area contributed by atoms with Crippen LogP contribution in [0, 0.1) is 5.82 Å². The van der Waals surface area contributed by atoms with Gasteiger partial charge >= 0.3 is 0 Å². The van der Waals surface area contributed by atoms with Crippen LogP contribution in [0.5, 0.6) is 0 Å². The summed E-state index contributed by atoms with van der Waals surface area (Å²) in [5.74, 6) is 0.276. The molecule has 3 rings (SSSR count). The number of thioether (sulfide) groups is 1. The maximum Gasteiger partial charge on any atom is 0.243 e. The van der Waals surface area contributed by atoms with E-state index in [0.717, 1.165) is 16.7 Å². The molecule has 0 saturated heterocycles. The molecule has 1 N–H and O–H groups in total. The Kier molecular flexibility index (Phi) is 9.71. The molecule has 178 valence electrons. The number of benzene rings is 3. The van der Waals surface area contributed by atoms with Crippen molar-refractivity contribution in [1.29, 1.82) is 0 Å². The normalized spacial score (nSPS) is 11.8. The monoisotopic (exact) mass is 478 g/mol. The number of rotatable bonds is 11. The molecule has 34 heavy (non-hydrogen) atoms. The van der Waals surface area contributed by atoms with Gasteiger partial charge in [-0.2, -0.15) is 0 Å². The predicted molar refractivity (Wildman–Crippen MR) is 137 cm³/mol. The van der Waals surface area contributed by atoms with Crippen LogP contribution in [-0.2, 0) is 28.3 Å². The van der Waals surface area contributed by atoms with Gasteiger partial charge in [0.25, 0.3) is 0 Å². The lowest BCUT2D eigenvalue weighted by molar-refractivity contribution is -0.139. The third-order valence-electron chi connectivity index (χ3n) is 5.31. The molecule has 0 fully saturated rings. The fraction of sp³-hybridized carbons (Fsp3) is 0.286. The van der Waals surface area contributed by atoms with E-state index in [0.29, 0.717) is 18.7 Å². The highest BCUT2D eigenvalue weighted by atomic mass is 32.2. The van der Waals surface area contributed by atoms with Gasteiger partial charge < -0.3 is 10.2 Å². The number of hydrogen-bond donors (Lipinski definition) is 1. The van der Waals surface area contributed by atoms with Crippen LogP contribution in [0.15, 0.2) is 84.9 Å². The fourth-order valence-electron chi connectivity index (χ4n) is 3.63. The van der Waals surface area contributed by atoms with E-state index in [1.165, 1.54) is 23.9 Å². The SMILES string of the molecule is CC(C)NC(=O)[C@@H](Cc1ccccc1)N(Cc1ccccc1)C(=O)CSCc1ccc(F)cc1. The molecule has 0 aliphatic carbocycles. The molecular weight excluding hydrogens is 447 g/mol. The van der Waals surface area contributed by atoms with Gasteiger partial charge in [0.2, 0.25) is 11.8 Å². The van der Waals surface area contributed by atoms with E-state index in [1.807, 2.05) is 74.5 Å². The molecule has 4 nitrogen and oxygen atoms in total. The molecule has 0 radical (unpaired) electrons. The summed E-state index contributed by atoms with van der Waals surface area (Å²) in [6.07, 6.45) is 0.431. The molecule has 0 aliphatic rings. The molecule has 0 aliphatic heterocycles. The summed E-state index contributed by atoms with van der Waals surface area (Å²) in [7, 11) is 0. The second-order valence-corrected chi connectivity index (χ2v) is 9.48. The van der Waals surface area contributed by atoms with Gasteiger partial charge in [0.05, 0.1) is 5.75 Å². The molecule has 0 saturated carbocycles. The lowest BCUT2D eigenvalue weighted by atomic mass is 10.0. The zero-order chi connectivity index (χ0) is 24.3. The largest absolute Gasteiger partial charge is 0.352 e. The molecule has 1 atom stereocenters. The number of nitrogens with zero attached hydrogens (tertiary/aromatic N) is 1. The Morgan fingerprint density at radius 1 is 0.853 bits per heavy atom. The van der Waals surface area contributed by atoms with Crippen molar-refractivity contribution >= 4 is 23.6 Å². The third kappa shape index (κ3) is 8.03. The Hall–Kier alpha value is -3.12. The van der Waals surface area contributed by atoms with Gasteiger partial charge in [0.15, 0.2) is 0 Å². The zero-order valence-electron chi connectivity index (χ0n) is 19.6. The average Bonchev–Trinajstić information content (AvgIpc) is 2.83. The molecule has 2 amide bonds. The van der Waals surface area contributed by atoms with Crippen molar-refractivity contribution in [1.82, 2.24) is 10.2 Å². The smallest absolute Gasteiger partial charge is 0.243 e. The zero-order valence-corrected chi connectivity index (χ0v) is 20.4. The Balaban J connectivity index is 1.81. The first-order chi connectivity index (χ1) is 16.4. The summed E-state index contributed by atoms with van der Waals surface area (Å²) in [6, 6.07) is 25.1. The maximum absolute atomic E-state index is 13.5. The standard InChI is InChI=1S/C28H31FN2O2S/c1-21(2)30-28(33)26(17-22-9-5-3-6-10-22)31(18-23-11-7-4-8-12-23)27(32)20-34-19-24-13-15-25(29)16-14-24/h3-16,21,26H,17-20H2,1-2H3,(H,30,33)/t26-/m1/s1. The number of halogens is 1. The van der Waals surface area contributed by atoms with Crippen LogP contribution in [0.25, 0.3) is 0 Å². The molecule has 6 heteroatoms. The molecule has 0 aromatic heterocycles. The minimum Gasteiger partial charge on any atom is -0.352 e. The van der Waals surface area contributed by atoms with Crippen LogP contribution in [0.1, 0.15) is 30.5 Å². The summed E-state index contributed by atoms with van der Waals surface area (Å²) in [5, 5.41) is 3.00. The lowest BCUT2D eigenvalue weighted by Crippen LogP contribution is -2.52. The van der Waals surface area contributed by atoms with E-state index in [9.17, 15) is 14.0 Å². The quantitative estimate of drug-likeness (QED) is 0.411. The van der Waals surface area contributed by atoms with E-state index in [4.69, 9.17) is 0 Å². The summed E-state index contributed by atoms with van der Waals surface area (Å²) < 4.78 is 13.2. The predicted octanol–water partition coefficient (Wildman–Crippen LogP) is 5.22. The first kappa shape index (κ1) is 25.5. The van der Waals surface area contributed by atoms with Gasteiger partial charge in [-0.15, -0.1) is 11.8 Å². The molecule has 0 heterocycles. The Morgan fingerprint density at radius 2 is 1.44 bits per heavy atom. The Morgan fingerprint density at radius 3 is 2.03 bits per heavy atom. The molecular formula is C28H31FN2O2S. The van der Waals surface area contributed by atoms with Crippen LogP contribution in [0.3, 0.4) is 0 Å². The van der Waals surface area contributed by atoms with Crippen LogP contribution < -0.4 is 5.32 Å². The second-order valence-electron chi connectivity index (χ2n) is 8.50. The summed E-state index contributed by atoms with van der Waals surface area (Å²) >= 11 is 1.46. The van der Waals surface area contributed by atoms with E-state index in [-0.39, 0.29) is 29.4 Å². The minimum atomic E-state index is -0.635. The fourth-order valence-corrected chi connectivity index (χ4v) is 4.51. The number of carbonyl (C=O) groups excluding carboxylic acids is 2. The van der Waals surface area contributed by atoms with E-state index in [1.54, 1.807) is 17.0 Å². The lowest BCUT2D eigenvalue weighted by Gasteiger charge is -2.32. The van der Waals surface area contributed by atoms with E-state index < -0.39 is 6.04 Å². The Labute approximate surface area is 205 Å². The van der Waals surface area contributed by atoms with Crippen LogP contribution in [0.2, 0.25) is 0 Å². The molecule has 3 aromatic rings. The second kappa shape index (κ2) is 12.9. The third-order valence-corrected chi connectivity index (χ3v) is 6.29. The van der Waals surface area contributed by atoms with Gasteiger partial charge in [0.1, 0.15) is 11.9 Å². The van der Waals surface area contributed by atoms with E-state index in [2.05, 4.69) is 5.32 Å². The number of nitrogens with one attached hydrogen (secondary N) is 1. The van der Waals surface area contributed by atoms with Gasteiger partial charge in [-0.1, -0.05) is 72.8 Å². The highest BCUT2D eigenvalue weighted by Gasteiger charge is 2.30. The molecule has 0 unspecified atom stereocenters. The average molecular weight is 479 g/mol. The van der Waals surface area contributed by atoms with Gasteiger partial charge in [-0.25, -0.2) is 4.39 Å². The maximum atomic E-state index is 13.5. The first-order valence-corrected chi connectivity index (χ1v) is 12.6. The van der Waals surface area contributed by atoms with Crippen molar-refractivity contribution in [2.24, 2.45) is 0 Å². The van der Waals surface area contributed by atoms with Gasteiger partial charge in [-0.05, 0) is 42.7 Å². The molecule has 0 bridgehead atoms. The van der Waals surface area contributed by atoms with Crippen molar-refractivity contribution in [3.8, 4) is 0 Å². The van der Waals surface area contributed by atoms with E-state index >= 15 is 0 Å². The molecule has 3 aromatic carbocycles. The topological polar surface area (TPSA) is 49.4 Å². The van der Waals surface area contributed by atoms with Crippen molar-refractivity contribution in [3.63, 3.8) is 0 Å². The van der Waals surface area contributed by atoms with Crippen LogP contribution >= 0.6 is 11.8 Å². The summed E-state index contributed by atoms with van der Waals surface area (Å²) in [4.78, 5) is 28.4. The van der Waals surface area contributed by atoms with Crippen LogP contribution in [0.4, 0.5) is 4.39 Å². The minimum absolute atomic E-state index is 0.0349. The number of hydrogen-bond acceptors (Lipinski definition) is 3. The summed E-state index contributed by atoms with van der Waals surface area (Å²) in [5.41, 5.74) is 2.92. The van der Waals surface area contributed by atoms with Crippen molar-refractivity contribution < 1.29 is 14.0 Å². The Bertz CT molecular complexity index is 1040. The van der Waals surface area contributed by atoms with Crippen molar-refractivity contribution in [3.05, 3.63) is 107 Å². The molecule has 0 spiro atoms. The van der Waals surface area contributed by atoms with Crippen molar-refractivity contribution in [2.45, 2.75) is 44.6 Å². The van der Waals surface area contributed by atoms with Gasteiger partial charge in [-0.3, -0.25) is 9.59 Å². The number of amides is 2. The number of carbonyl (C=O) groups is 2. The van der Waals surface area contributed by atoms with Crippen molar-refractivity contribution in [2.75, 3.05) is 5.75 Å². The first-order valence-electron chi connectivity index (χ1n) is 11.4. The highest BCUT2D eigenvalue weighted by Crippen LogP contribution is 2.19. The highest BCUT2D eigenvalue weighted by molar-refractivity contribution is 7.99. The van der Waals surface area contributed by atoms with Crippen LogP contribution in [-0.4, -0.2) is 34.6 Å².